The first-order chi connectivity index (χ1) is 17.4. The van der Waals surface area contributed by atoms with E-state index in [1.807, 2.05) is 42.8 Å². The van der Waals surface area contributed by atoms with E-state index in [2.05, 4.69) is 21.7 Å². The molecule has 0 bridgehead atoms. The summed E-state index contributed by atoms with van der Waals surface area (Å²) in [5.41, 5.74) is 2.51. The van der Waals surface area contributed by atoms with E-state index in [-0.39, 0.29) is 42.7 Å². The molecule has 1 atom stereocenters. The Morgan fingerprint density at radius 2 is 1.92 bits per heavy atom. The van der Waals surface area contributed by atoms with Crippen molar-refractivity contribution in [3.8, 4) is 11.5 Å². The number of H-pyrrole nitrogens is 1. The summed E-state index contributed by atoms with van der Waals surface area (Å²) in [7, 11) is 0. The minimum Gasteiger partial charge on any atom is -0.454 e. The van der Waals surface area contributed by atoms with Crippen LogP contribution in [0.5, 0.6) is 11.5 Å². The lowest BCUT2D eigenvalue weighted by Gasteiger charge is -2.14. The largest absolute Gasteiger partial charge is 0.454 e. The van der Waals surface area contributed by atoms with Gasteiger partial charge < -0.3 is 29.7 Å². The molecule has 2 amide bonds. The van der Waals surface area contributed by atoms with Crippen molar-refractivity contribution in [2.75, 3.05) is 13.3 Å². The summed E-state index contributed by atoms with van der Waals surface area (Å²) in [5.74, 6) is 0.380. The number of aromatic amines is 1. The van der Waals surface area contributed by atoms with Crippen LogP contribution in [-0.2, 0) is 17.8 Å². The molecule has 2 aromatic carbocycles. The Labute approximate surface area is 207 Å². The van der Waals surface area contributed by atoms with E-state index in [1.165, 1.54) is 0 Å². The molecule has 0 aliphatic carbocycles. The number of benzene rings is 2. The maximum atomic E-state index is 13.1. The normalized spacial score (nSPS) is 13.2. The Bertz CT molecular complexity index is 1520. The van der Waals surface area contributed by atoms with Crippen molar-refractivity contribution in [1.82, 2.24) is 20.2 Å². The first-order valence-corrected chi connectivity index (χ1v) is 12.0. The van der Waals surface area contributed by atoms with E-state index < -0.39 is 5.91 Å². The number of amides is 2. The van der Waals surface area contributed by atoms with Gasteiger partial charge in [-0.2, -0.15) is 0 Å². The van der Waals surface area contributed by atoms with E-state index in [0.29, 0.717) is 35.4 Å². The molecule has 0 unspecified atom stereocenters. The molecule has 36 heavy (non-hydrogen) atoms. The molecule has 0 spiro atoms. The number of nitrogens with one attached hydrogen (secondary N) is 3. The molecule has 4 aromatic rings. The molecular weight excluding hydrogens is 460 g/mol. The molecule has 0 saturated heterocycles. The van der Waals surface area contributed by atoms with E-state index in [1.54, 1.807) is 18.3 Å². The highest BCUT2D eigenvalue weighted by Crippen LogP contribution is 2.35. The number of fused-ring (bicyclic) bond motifs is 3. The topological polar surface area (TPSA) is 114 Å². The van der Waals surface area contributed by atoms with Gasteiger partial charge in [-0.1, -0.05) is 18.2 Å². The predicted octanol–water partition coefficient (Wildman–Crippen LogP) is 3.10. The second-order valence-electron chi connectivity index (χ2n) is 8.92. The second kappa shape index (κ2) is 9.77. The molecule has 1 aliphatic heterocycles. The fourth-order valence-electron chi connectivity index (χ4n) is 4.62. The quantitative estimate of drug-likeness (QED) is 0.353. The van der Waals surface area contributed by atoms with Crippen LogP contribution in [0.4, 0.5) is 0 Å². The summed E-state index contributed by atoms with van der Waals surface area (Å²) in [6, 6.07) is 11.3. The van der Waals surface area contributed by atoms with Gasteiger partial charge in [-0.15, -0.1) is 0 Å². The number of pyridine rings is 1. The zero-order chi connectivity index (χ0) is 25.2. The second-order valence-corrected chi connectivity index (χ2v) is 8.92. The van der Waals surface area contributed by atoms with Gasteiger partial charge in [0, 0.05) is 54.9 Å². The third-order valence-electron chi connectivity index (χ3n) is 6.41. The number of hydrogen-bond donors (Lipinski definition) is 3. The summed E-state index contributed by atoms with van der Waals surface area (Å²) in [6.07, 6.45) is 4.31. The van der Waals surface area contributed by atoms with Crippen molar-refractivity contribution >= 4 is 33.6 Å². The highest BCUT2D eigenvalue weighted by atomic mass is 16.7. The number of nitrogens with zero attached hydrogens (tertiary/aromatic N) is 1. The standard InChI is InChI=1S/C27H28N4O5/c1-3-31-14-20(26(33)19-11-23-24(12-22(19)31)36-15-35-23)27(34)28-9-8-25(32)30-16(2)10-17-13-29-21-7-5-4-6-18(17)21/h4-7,11-14,16,29H,3,8-10,15H2,1-2H3,(H,28,34)(H,30,32)/t16-/m0/s1. The zero-order valence-electron chi connectivity index (χ0n) is 20.2. The fourth-order valence-corrected chi connectivity index (χ4v) is 4.62. The van der Waals surface area contributed by atoms with E-state index in [9.17, 15) is 14.4 Å². The van der Waals surface area contributed by atoms with Gasteiger partial charge in [0.2, 0.25) is 18.1 Å². The number of ether oxygens (including phenoxy) is 2. The Morgan fingerprint density at radius 1 is 1.14 bits per heavy atom. The van der Waals surface area contributed by atoms with Crippen LogP contribution in [0.3, 0.4) is 0 Å². The summed E-state index contributed by atoms with van der Waals surface area (Å²) in [5, 5.41) is 7.21. The van der Waals surface area contributed by atoms with Crippen LogP contribution in [0.15, 0.2) is 53.6 Å². The van der Waals surface area contributed by atoms with Crippen molar-refractivity contribution in [2.24, 2.45) is 0 Å². The Morgan fingerprint density at radius 3 is 2.72 bits per heavy atom. The number of aryl methyl sites for hydroxylation is 1. The SMILES string of the molecule is CCn1cc(C(=O)NCCC(=O)N[C@@H](C)Cc2c[nH]c3ccccc23)c(=O)c2cc3c(cc21)OCO3. The molecule has 9 heteroatoms. The van der Waals surface area contributed by atoms with Crippen molar-refractivity contribution < 1.29 is 19.1 Å². The molecular formula is C27H28N4O5. The molecule has 0 radical (unpaired) electrons. The third kappa shape index (κ3) is 4.51. The monoisotopic (exact) mass is 488 g/mol. The van der Waals surface area contributed by atoms with Crippen LogP contribution in [0.2, 0.25) is 0 Å². The smallest absolute Gasteiger partial charge is 0.256 e. The van der Waals surface area contributed by atoms with Gasteiger partial charge in [0.1, 0.15) is 5.56 Å². The lowest BCUT2D eigenvalue weighted by Crippen LogP contribution is -2.37. The van der Waals surface area contributed by atoms with Crippen molar-refractivity contribution in [3.05, 3.63) is 70.1 Å². The molecule has 186 valence electrons. The van der Waals surface area contributed by atoms with E-state index in [0.717, 1.165) is 16.5 Å². The highest BCUT2D eigenvalue weighted by molar-refractivity contribution is 5.98. The van der Waals surface area contributed by atoms with Gasteiger partial charge in [0.05, 0.1) is 10.9 Å². The maximum Gasteiger partial charge on any atom is 0.256 e. The van der Waals surface area contributed by atoms with E-state index in [4.69, 9.17) is 9.47 Å². The average Bonchev–Trinajstić information content (AvgIpc) is 3.50. The Balaban J connectivity index is 1.20. The zero-order valence-corrected chi connectivity index (χ0v) is 20.2. The van der Waals surface area contributed by atoms with Crippen LogP contribution >= 0.6 is 0 Å². The summed E-state index contributed by atoms with van der Waals surface area (Å²) in [4.78, 5) is 41.6. The fraction of sp³-hybridized carbons (Fsp3) is 0.296. The van der Waals surface area contributed by atoms with Crippen LogP contribution in [0, 0.1) is 0 Å². The molecule has 3 N–H and O–H groups in total. The van der Waals surface area contributed by atoms with Crippen LogP contribution in [-0.4, -0.2) is 40.7 Å². The number of carbonyl (C=O) groups excluding carboxylic acids is 2. The van der Waals surface area contributed by atoms with Gasteiger partial charge >= 0.3 is 0 Å². The summed E-state index contributed by atoms with van der Waals surface area (Å²) < 4.78 is 12.6. The minimum absolute atomic E-state index is 0.0244. The van der Waals surface area contributed by atoms with Crippen LogP contribution < -0.4 is 25.5 Å². The van der Waals surface area contributed by atoms with Gasteiger partial charge in [-0.3, -0.25) is 14.4 Å². The van der Waals surface area contributed by atoms with Gasteiger partial charge in [-0.25, -0.2) is 0 Å². The number of aromatic nitrogens is 2. The highest BCUT2D eigenvalue weighted by Gasteiger charge is 2.21. The third-order valence-corrected chi connectivity index (χ3v) is 6.41. The van der Waals surface area contributed by atoms with Gasteiger partial charge in [-0.05, 0) is 38.0 Å². The first-order valence-electron chi connectivity index (χ1n) is 12.0. The molecule has 9 nitrogen and oxygen atoms in total. The maximum absolute atomic E-state index is 13.1. The number of rotatable bonds is 8. The summed E-state index contributed by atoms with van der Waals surface area (Å²) >= 11 is 0. The number of para-hydroxylation sites is 1. The molecule has 0 fully saturated rings. The molecule has 3 heterocycles. The molecule has 0 saturated carbocycles. The van der Waals surface area contributed by atoms with Crippen molar-refractivity contribution in [3.63, 3.8) is 0 Å². The minimum atomic E-state index is -0.513. The first kappa shape index (κ1) is 23.5. The van der Waals surface area contributed by atoms with Gasteiger partial charge in [0.15, 0.2) is 11.5 Å². The van der Waals surface area contributed by atoms with Crippen LogP contribution in [0.1, 0.15) is 36.2 Å². The van der Waals surface area contributed by atoms with Crippen molar-refractivity contribution in [1.29, 1.82) is 0 Å². The lowest BCUT2D eigenvalue weighted by molar-refractivity contribution is -0.121. The van der Waals surface area contributed by atoms with Crippen molar-refractivity contribution in [2.45, 2.75) is 39.3 Å². The molecule has 1 aliphatic rings. The molecule has 5 rings (SSSR count). The van der Waals surface area contributed by atoms with Crippen LogP contribution in [0.25, 0.3) is 21.8 Å². The average molecular weight is 489 g/mol. The van der Waals surface area contributed by atoms with E-state index >= 15 is 0 Å². The summed E-state index contributed by atoms with van der Waals surface area (Å²) in [6.45, 7) is 4.66. The van der Waals surface area contributed by atoms with Gasteiger partial charge in [0.25, 0.3) is 5.91 Å². The predicted molar refractivity (Wildman–Crippen MR) is 137 cm³/mol. The Kier molecular flexibility index (Phi) is 6.37. The number of hydrogen-bond acceptors (Lipinski definition) is 5. The number of carbonyl (C=O) groups is 2. The lowest BCUT2D eigenvalue weighted by atomic mass is 10.1. The Hall–Kier alpha value is -4.27. The molecule has 2 aromatic heterocycles.